The van der Waals surface area contributed by atoms with Gasteiger partial charge in [-0.15, -0.1) is 0 Å². The summed E-state index contributed by atoms with van der Waals surface area (Å²) in [5.41, 5.74) is 0.294. The van der Waals surface area contributed by atoms with E-state index in [0.29, 0.717) is 25.7 Å². The summed E-state index contributed by atoms with van der Waals surface area (Å²) in [6.45, 7) is 1.07. The Labute approximate surface area is 156 Å². The number of carbonyl (C=O) groups excluding carboxylic acids is 1. The first-order valence-corrected chi connectivity index (χ1v) is 9.18. The molecule has 1 heterocycles. The molecule has 9 heteroatoms. The zero-order valence-corrected chi connectivity index (χ0v) is 15.0. The van der Waals surface area contributed by atoms with E-state index in [1.165, 1.54) is 54.8 Å². The molecule has 3 rings (SSSR count). The summed E-state index contributed by atoms with van der Waals surface area (Å²) >= 11 is 0. The number of aromatic nitrogens is 3. The quantitative estimate of drug-likeness (QED) is 0.432. The zero-order valence-electron chi connectivity index (χ0n) is 15.0. The molecule has 2 aromatic rings. The number of nitro groups is 1. The van der Waals surface area contributed by atoms with Crippen LogP contribution in [-0.2, 0) is 4.74 Å². The Balaban J connectivity index is 1.52. The molecule has 0 bridgehead atoms. The number of benzene rings is 1. The van der Waals surface area contributed by atoms with E-state index < -0.39 is 4.92 Å². The fourth-order valence-electron chi connectivity index (χ4n) is 3.20. The fourth-order valence-corrected chi connectivity index (χ4v) is 3.20. The van der Waals surface area contributed by atoms with Gasteiger partial charge in [0.2, 0.25) is 0 Å². The van der Waals surface area contributed by atoms with E-state index in [0.717, 1.165) is 12.8 Å². The van der Waals surface area contributed by atoms with Crippen LogP contribution in [0.3, 0.4) is 0 Å². The third-order valence-corrected chi connectivity index (χ3v) is 4.61. The van der Waals surface area contributed by atoms with Crippen LogP contribution in [0.15, 0.2) is 30.9 Å². The third-order valence-electron chi connectivity index (χ3n) is 4.61. The number of ether oxygens (including phenoxy) is 1. The second-order valence-corrected chi connectivity index (χ2v) is 6.54. The summed E-state index contributed by atoms with van der Waals surface area (Å²) in [4.78, 5) is 26.9. The molecule has 1 aromatic heterocycles. The molecule has 1 aliphatic carbocycles. The minimum Gasteiger partial charge on any atom is -0.378 e. The lowest BCUT2D eigenvalue weighted by Crippen LogP contribution is -2.26. The molecule has 144 valence electrons. The lowest BCUT2D eigenvalue weighted by atomic mass is 9.98. The Hall–Kier alpha value is -2.81. The van der Waals surface area contributed by atoms with Gasteiger partial charge in [-0.1, -0.05) is 19.3 Å². The first-order valence-electron chi connectivity index (χ1n) is 9.18. The molecule has 0 saturated heterocycles. The number of amides is 1. The van der Waals surface area contributed by atoms with Crippen molar-refractivity contribution in [2.45, 2.75) is 44.6 Å². The maximum Gasteiger partial charge on any atom is 0.295 e. The van der Waals surface area contributed by atoms with Crippen molar-refractivity contribution in [3.63, 3.8) is 0 Å². The smallest absolute Gasteiger partial charge is 0.295 e. The molecule has 9 nitrogen and oxygen atoms in total. The van der Waals surface area contributed by atoms with Gasteiger partial charge >= 0.3 is 0 Å². The van der Waals surface area contributed by atoms with Gasteiger partial charge in [-0.05, 0) is 31.4 Å². The number of nitrogens with one attached hydrogen (secondary N) is 1. The van der Waals surface area contributed by atoms with Gasteiger partial charge in [0.05, 0.1) is 11.0 Å². The average molecular weight is 373 g/mol. The van der Waals surface area contributed by atoms with Gasteiger partial charge in [0.1, 0.15) is 18.3 Å². The largest absolute Gasteiger partial charge is 0.378 e. The van der Waals surface area contributed by atoms with E-state index >= 15 is 0 Å². The van der Waals surface area contributed by atoms with Gasteiger partial charge in [0, 0.05) is 24.8 Å². The highest BCUT2D eigenvalue weighted by molar-refractivity contribution is 5.95. The first kappa shape index (κ1) is 19.0. The fraction of sp³-hybridized carbons (Fsp3) is 0.500. The van der Waals surface area contributed by atoms with Crippen molar-refractivity contribution < 1.29 is 14.5 Å². The van der Waals surface area contributed by atoms with E-state index in [4.69, 9.17) is 4.74 Å². The lowest BCUT2D eigenvalue weighted by molar-refractivity contribution is -0.384. The standard InChI is InChI=1S/C18H23N5O4/c24-18(20-9-4-10-27-15-5-2-1-3-6-15)14-7-8-16(17(11-14)23(25)26)22-13-19-12-21-22/h7-8,11-13,15H,1-6,9-10H2,(H,20,24). The molecular formula is C18H23N5O4. The van der Waals surface area contributed by atoms with Crippen LogP contribution >= 0.6 is 0 Å². The molecule has 27 heavy (non-hydrogen) atoms. The predicted octanol–water partition coefficient (Wildman–Crippen LogP) is 2.64. The van der Waals surface area contributed by atoms with Crippen molar-refractivity contribution in [1.82, 2.24) is 20.1 Å². The van der Waals surface area contributed by atoms with Gasteiger partial charge < -0.3 is 10.1 Å². The Morgan fingerprint density at radius 3 is 2.85 bits per heavy atom. The highest BCUT2D eigenvalue weighted by Crippen LogP contribution is 2.23. The number of nitrogens with zero attached hydrogens (tertiary/aromatic N) is 4. The Morgan fingerprint density at radius 2 is 2.15 bits per heavy atom. The summed E-state index contributed by atoms with van der Waals surface area (Å²) in [7, 11) is 0. The van der Waals surface area contributed by atoms with Crippen LogP contribution in [0.2, 0.25) is 0 Å². The first-order chi connectivity index (χ1) is 13.1. The average Bonchev–Trinajstić information content (AvgIpc) is 3.22. The van der Waals surface area contributed by atoms with E-state index in [2.05, 4.69) is 15.4 Å². The maximum atomic E-state index is 12.3. The highest BCUT2D eigenvalue weighted by Gasteiger charge is 2.19. The Kier molecular flexibility index (Phi) is 6.48. The van der Waals surface area contributed by atoms with Crippen LogP contribution < -0.4 is 5.32 Å². The van der Waals surface area contributed by atoms with Crippen LogP contribution in [0.4, 0.5) is 5.69 Å². The molecule has 0 radical (unpaired) electrons. The number of rotatable bonds is 8. The van der Waals surface area contributed by atoms with Crippen LogP contribution in [0.5, 0.6) is 0 Å². The SMILES string of the molecule is O=C(NCCCOC1CCCCC1)c1ccc(-n2cncn2)c([N+](=O)[O-])c1. The Bertz CT molecular complexity index is 772. The van der Waals surface area contributed by atoms with Crippen molar-refractivity contribution in [2.24, 2.45) is 0 Å². The van der Waals surface area contributed by atoms with Crippen LogP contribution in [0, 0.1) is 10.1 Å². The number of carbonyl (C=O) groups is 1. The monoisotopic (exact) mass is 373 g/mol. The van der Waals surface area contributed by atoms with Gasteiger partial charge in [0.25, 0.3) is 11.6 Å². The van der Waals surface area contributed by atoms with Gasteiger partial charge in [-0.2, -0.15) is 5.10 Å². The zero-order chi connectivity index (χ0) is 19.1. The number of hydrogen-bond acceptors (Lipinski definition) is 6. The highest BCUT2D eigenvalue weighted by atomic mass is 16.6. The minimum atomic E-state index is -0.536. The van der Waals surface area contributed by atoms with E-state index in [-0.39, 0.29) is 22.8 Å². The molecule has 0 atom stereocenters. The van der Waals surface area contributed by atoms with Gasteiger partial charge in [-0.3, -0.25) is 14.9 Å². The van der Waals surface area contributed by atoms with E-state index in [9.17, 15) is 14.9 Å². The topological polar surface area (TPSA) is 112 Å². The molecule has 0 unspecified atom stereocenters. The molecule has 1 N–H and O–H groups in total. The summed E-state index contributed by atoms with van der Waals surface area (Å²) in [5.74, 6) is -0.346. The molecule has 0 aliphatic heterocycles. The van der Waals surface area contributed by atoms with Gasteiger partial charge in [-0.25, -0.2) is 9.67 Å². The molecule has 1 aliphatic rings. The summed E-state index contributed by atoms with van der Waals surface area (Å²) in [5, 5.41) is 18.0. The van der Waals surface area contributed by atoms with Gasteiger partial charge in [0.15, 0.2) is 0 Å². The summed E-state index contributed by atoms with van der Waals surface area (Å²) < 4.78 is 7.12. The van der Waals surface area contributed by atoms with E-state index in [1.54, 1.807) is 0 Å². The molecule has 0 spiro atoms. The van der Waals surface area contributed by atoms with Crippen LogP contribution in [-0.4, -0.2) is 44.9 Å². The van der Waals surface area contributed by atoms with Crippen molar-refractivity contribution >= 4 is 11.6 Å². The third kappa shape index (κ3) is 5.10. The van der Waals surface area contributed by atoms with Crippen molar-refractivity contribution in [1.29, 1.82) is 0 Å². The van der Waals surface area contributed by atoms with Crippen LogP contribution in [0.25, 0.3) is 5.69 Å². The molecule has 1 fully saturated rings. The Morgan fingerprint density at radius 1 is 1.33 bits per heavy atom. The van der Waals surface area contributed by atoms with E-state index in [1.807, 2.05) is 0 Å². The maximum absolute atomic E-state index is 12.3. The summed E-state index contributed by atoms with van der Waals surface area (Å²) in [6.07, 6.45) is 9.70. The van der Waals surface area contributed by atoms with Crippen molar-refractivity contribution in [3.8, 4) is 5.69 Å². The summed E-state index contributed by atoms with van der Waals surface area (Å²) in [6, 6.07) is 4.29. The minimum absolute atomic E-state index is 0.200. The predicted molar refractivity (Wildman–Crippen MR) is 97.8 cm³/mol. The molecule has 1 aromatic carbocycles. The normalized spacial score (nSPS) is 14.8. The lowest BCUT2D eigenvalue weighted by Gasteiger charge is -2.21. The second-order valence-electron chi connectivity index (χ2n) is 6.54. The second kappa shape index (κ2) is 9.22. The van der Waals surface area contributed by atoms with Crippen molar-refractivity contribution in [3.05, 3.63) is 46.5 Å². The van der Waals surface area contributed by atoms with Crippen LogP contribution in [0.1, 0.15) is 48.9 Å². The number of nitro benzene ring substituents is 1. The molecular weight excluding hydrogens is 350 g/mol. The molecule has 1 saturated carbocycles. The number of hydrogen-bond donors (Lipinski definition) is 1. The molecule has 1 amide bonds. The van der Waals surface area contributed by atoms with Crippen molar-refractivity contribution in [2.75, 3.05) is 13.2 Å².